The third-order valence-electron chi connectivity index (χ3n) is 6.93. The second kappa shape index (κ2) is 10.1. The Kier molecular flexibility index (Phi) is 6.85. The normalized spacial score (nSPS) is 15.9. The van der Waals surface area contributed by atoms with Gasteiger partial charge < -0.3 is 4.74 Å². The van der Waals surface area contributed by atoms with Gasteiger partial charge in [-0.15, -0.1) is 0 Å². The minimum atomic E-state index is -4.87. The van der Waals surface area contributed by atoms with E-state index in [1.165, 1.54) is 13.2 Å². The molecule has 0 spiro atoms. The molecule has 3 aliphatic rings. The van der Waals surface area contributed by atoms with Crippen LogP contribution >= 0.6 is 0 Å². The molecule has 0 radical (unpaired) electrons. The first-order valence-corrected chi connectivity index (χ1v) is 13.8. The lowest BCUT2D eigenvalue weighted by Crippen LogP contribution is -2.34. The van der Waals surface area contributed by atoms with Crippen LogP contribution in [-0.4, -0.2) is 26.1 Å². The van der Waals surface area contributed by atoms with Crippen LogP contribution in [0.5, 0.6) is 5.75 Å². The molecule has 9 nitrogen and oxygen atoms in total. The average molecular weight is 534 g/mol. The molecule has 1 saturated carbocycles. The molecule has 0 amide bonds. The Morgan fingerprint density at radius 3 is 2.24 bits per heavy atom. The van der Waals surface area contributed by atoms with Crippen LogP contribution < -0.4 is 31.7 Å². The van der Waals surface area contributed by atoms with Crippen molar-refractivity contribution in [3.63, 3.8) is 0 Å². The summed E-state index contributed by atoms with van der Waals surface area (Å²) in [5.74, 6) is 0.429. The predicted molar refractivity (Wildman–Crippen MR) is 143 cm³/mol. The molecule has 10 heteroatoms. The van der Waals surface area contributed by atoms with E-state index < -0.39 is 25.9 Å². The largest absolute Gasteiger partial charge is 0.495 e. The van der Waals surface area contributed by atoms with Gasteiger partial charge in [0, 0.05) is 10.8 Å². The van der Waals surface area contributed by atoms with Crippen molar-refractivity contribution >= 4 is 26.6 Å². The lowest BCUT2D eigenvalue weighted by atomic mass is 9.96. The zero-order valence-electron chi connectivity index (χ0n) is 21.0. The number of benzene rings is 2. The van der Waals surface area contributed by atoms with Gasteiger partial charge in [-0.3, -0.25) is 24.6 Å². The second-order valence-electron chi connectivity index (χ2n) is 9.52. The first-order valence-electron chi connectivity index (χ1n) is 12.4. The number of nitrogens with one attached hydrogen (secondary N) is 1. The summed E-state index contributed by atoms with van der Waals surface area (Å²) < 4.78 is 40.8. The van der Waals surface area contributed by atoms with Crippen molar-refractivity contribution in [1.29, 1.82) is 0 Å². The van der Waals surface area contributed by atoms with E-state index in [-0.39, 0.29) is 38.0 Å². The highest BCUT2D eigenvalue weighted by Crippen LogP contribution is 2.25. The van der Waals surface area contributed by atoms with E-state index in [4.69, 9.17) is 9.73 Å². The molecule has 0 saturated heterocycles. The highest BCUT2D eigenvalue weighted by molar-refractivity contribution is 7.85. The maximum Gasteiger partial charge on any atom is 0.296 e. The molecule has 0 aromatic heterocycles. The SMILES string of the molecule is COc1ccc(C)cc1N/N=c1/c(S(=O)(=O)O)cc(=NC2CCCCC2)c2c(=O)c3ccccc3c(=O)c1=2. The first-order chi connectivity index (χ1) is 18.2. The molecule has 38 heavy (non-hydrogen) atoms. The predicted octanol–water partition coefficient (Wildman–Crippen LogP) is 2.89. The molecule has 0 aliphatic heterocycles. The summed E-state index contributed by atoms with van der Waals surface area (Å²) in [7, 11) is -3.39. The highest BCUT2D eigenvalue weighted by Gasteiger charge is 2.21. The van der Waals surface area contributed by atoms with Gasteiger partial charge in [-0.25, -0.2) is 0 Å². The molecule has 0 heterocycles. The van der Waals surface area contributed by atoms with Gasteiger partial charge in [-0.05, 0) is 43.5 Å². The van der Waals surface area contributed by atoms with Crippen molar-refractivity contribution < 1.29 is 17.7 Å². The lowest BCUT2D eigenvalue weighted by Gasteiger charge is -2.17. The fraction of sp³-hybridized carbons (Fsp3) is 0.286. The van der Waals surface area contributed by atoms with Crippen LogP contribution in [-0.2, 0) is 10.1 Å². The van der Waals surface area contributed by atoms with Gasteiger partial charge in [0.05, 0.1) is 34.6 Å². The average Bonchev–Trinajstić information content (AvgIpc) is 2.90. The highest BCUT2D eigenvalue weighted by atomic mass is 32.2. The van der Waals surface area contributed by atoms with E-state index in [1.807, 2.05) is 13.0 Å². The second-order valence-corrected chi connectivity index (χ2v) is 10.9. The maximum absolute atomic E-state index is 13.8. The van der Waals surface area contributed by atoms with Crippen molar-refractivity contribution in [2.75, 3.05) is 12.5 Å². The summed E-state index contributed by atoms with van der Waals surface area (Å²) in [6.45, 7) is 1.86. The van der Waals surface area contributed by atoms with Gasteiger partial charge in [0.1, 0.15) is 16.0 Å². The Labute approximate surface area is 218 Å². The molecule has 2 aromatic rings. The van der Waals surface area contributed by atoms with E-state index in [1.54, 1.807) is 30.3 Å². The molecule has 0 unspecified atom stereocenters. The Morgan fingerprint density at radius 2 is 1.61 bits per heavy atom. The van der Waals surface area contributed by atoms with Gasteiger partial charge in [-0.2, -0.15) is 13.5 Å². The molecule has 0 atom stereocenters. The van der Waals surface area contributed by atoms with Crippen LogP contribution in [0.3, 0.4) is 0 Å². The Morgan fingerprint density at radius 1 is 0.947 bits per heavy atom. The van der Waals surface area contributed by atoms with Crippen molar-refractivity contribution in [3.8, 4) is 5.75 Å². The number of nitrogens with zero attached hydrogens (tertiary/aromatic N) is 2. The lowest BCUT2D eigenvalue weighted by molar-refractivity contribution is 0.416. The number of hydrogen-bond donors (Lipinski definition) is 2. The van der Waals surface area contributed by atoms with Crippen molar-refractivity contribution in [1.82, 2.24) is 0 Å². The fourth-order valence-corrected chi connectivity index (χ4v) is 5.73. The van der Waals surface area contributed by atoms with Crippen molar-refractivity contribution in [2.24, 2.45) is 10.1 Å². The zero-order chi connectivity index (χ0) is 27.0. The molecule has 2 N–H and O–H groups in total. The topological polar surface area (TPSA) is 134 Å². The number of rotatable bonds is 5. The van der Waals surface area contributed by atoms with Crippen LogP contribution in [0.1, 0.15) is 37.7 Å². The van der Waals surface area contributed by atoms with Gasteiger partial charge in [-0.1, -0.05) is 49.6 Å². The van der Waals surface area contributed by atoms with Crippen molar-refractivity contribution in [2.45, 2.75) is 50.0 Å². The van der Waals surface area contributed by atoms with Gasteiger partial charge in [0.2, 0.25) is 0 Å². The molecule has 2 aromatic carbocycles. The molecule has 3 aliphatic carbocycles. The standard InChI is InChI=1S/C28H27N3O6S/c1-16-12-13-22(37-2)20(14-16)30-31-26-23(38(34,35)36)15-21(29-17-8-4-3-5-9-17)24-25(26)28(33)19-11-7-6-10-18(19)27(24)32/h6-7,10-15,17,30H,3-5,8-9H2,1-2H3,(H,34,35,36)/b29-21?,31-26-. The third-order valence-corrected chi connectivity index (χ3v) is 7.80. The zero-order valence-corrected chi connectivity index (χ0v) is 21.8. The molecular formula is C28H27N3O6S. The summed E-state index contributed by atoms with van der Waals surface area (Å²) in [5, 5.41) is 4.10. The Bertz CT molecular complexity index is 1960. The van der Waals surface area contributed by atoms with Gasteiger partial charge in [0.15, 0.2) is 10.9 Å². The maximum atomic E-state index is 13.8. The number of anilines is 1. The molecule has 1 fully saturated rings. The van der Waals surface area contributed by atoms with E-state index in [0.29, 0.717) is 11.4 Å². The number of fused-ring (bicyclic) bond motifs is 1. The van der Waals surface area contributed by atoms with Gasteiger partial charge in [0.25, 0.3) is 10.1 Å². The van der Waals surface area contributed by atoms with Crippen LogP contribution in [0, 0.1) is 17.4 Å². The Balaban J connectivity index is 1.98. The van der Waals surface area contributed by atoms with E-state index in [9.17, 15) is 22.6 Å². The minimum Gasteiger partial charge on any atom is -0.495 e. The van der Waals surface area contributed by atoms with Crippen LogP contribution in [0.15, 0.2) is 73.1 Å². The van der Waals surface area contributed by atoms with E-state index in [0.717, 1.165) is 43.7 Å². The minimum absolute atomic E-state index is 0.0107. The third kappa shape index (κ3) is 4.72. The summed E-state index contributed by atoms with van der Waals surface area (Å²) in [6.07, 6.45) is 4.59. The first kappa shape index (κ1) is 25.7. The smallest absolute Gasteiger partial charge is 0.296 e. The number of methoxy groups -OCH3 is 1. The Hall–Kier alpha value is -3.89. The van der Waals surface area contributed by atoms with Crippen molar-refractivity contribution in [3.05, 3.63) is 95.7 Å². The van der Waals surface area contributed by atoms with Gasteiger partial charge >= 0.3 is 0 Å². The molecule has 5 rings (SSSR count). The summed E-state index contributed by atoms with van der Waals surface area (Å²) in [6, 6.07) is 12.7. The monoisotopic (exact) mass is 533 g/mol. The van der Waals surface area contributed by atoms with E-state index >= 15 is 0 Å². The number of aryl methyl sites for hydroxylation is 1. The molecular weight excluding hydrogens is 506 g/mol. The summed E-state index contributed by atoms with van der Waals surface area (Å²) in [5.41, 5.74) is 3.04. The quantitative estimate of drug-likeness (QED) is 0.298. The molecule has 196 valence electrons. The summed E-state index contributed by atoms with van der Waals surface area (Å²) >= 11 is 0. The number of hydrogen-bond acceptors (Lipinski definition) is 8. The molecule has 0 bridgehead atoms. The van der Waals surface area contributed by atoms with Crippen LogP contribution in [0.2, 0.25) is 0 Å². The van der Waals surface area contributed by atoms with E-state index in [2.05, 4.69) is 10.5 Å². The van der Waals surface area contributed by atoms with Crippen LogP contribution in [0.25, 0.3) is 10.8 Å². The fourth-order valence-electron chi connectivity index (χ4n) is 5.08. The number of ether oxygens (including phenoxy) is 1. The summed E-state index contributed by atoms with van der Waals surface area (Å²) in [4.78, 5) is 31.7. The van der Waals surface area contributed by atoms with Crippen LogP contribution in [0.4, 0.5) is 5.69 Å².